The Morgan fingerprint density at radius 2 is 2.16 bits per heavy atom. The van der Waals surface area contributed by atoms with Crippen LogP contribution in [0.4, 0.5) is 0 Å². The van der Waals surface area contributed by atoms with Crippen LogP contribution < -0.4 is 0 Å². The SMILES string of the molecule is Cn1cncc1-c1cc(O)nc(-c2nc(Cl)cs2)n1. The van der Waals surface area contributed by atoms with Crippen molar-refractivity contribution in [2.24, 2.45) is 7.05 Å². The number of aromatic nitrogens is 5. The van der Waals surface area contributed by atoms with Gasteiger partial charge in [0.05, 0.1) is 23.9 Å². The Morgan fingerprint density at radius 1 is 1.32 bits per heavy atom. The highest BCUT2D eigenvalue weighted by Gasteiger charge is 2.13. The van der Waals surface area contributed by atoms with Crippen molar-refractivity contribution in [2.75, 3.05) is 0 Å². The second kappa shape index (κ2) is 4.60. The summed E-state index contributed by atoms with van der Waals surface area (Å²) in [6.45, 7) is 0. The van der Waals surface area contributed by atoms with E-state index < -0.39 is 0 Å². The van der Waals surface area contributed by atoms with Gasteiger partial charge in [-0.3, -0.25) is 0 Å². The molecule has 0 saturated carbocycles. The first kappa shape index (κ1) is 12.1. The Balaban J connectivity index is 2.13. The van der Waals surface area contributed by atoms with E-state index in [4.69, 9.17) is 11.6 Å². The lowest BCUT2D eigenvalue weighted by Gasteiger charge is -2.04. The minimum Gasteiger partial charge on any atom is -0.493 e. The first-order chi connectivity index (χ1) is 9.13. The van der Waals surface area contributed by atoms with Crippen LogP contribution in [0.25, 0.3) is 22.2 Å². The third kappa shape index (κ3) is 2.29. The zero-order valence-electron chi connectivity index (χ0n) is 9.78. The minimum atomic E-state index is -0.118. The van der Waals surface area contributed by atoms with E-state index in [1.54, 1.807) is 22.5 Å². The van der Waals surface area contributed by atoms with Gasteiger partial charge in [-0.2, -0.15) is 4.98 Å². The van der Waals surface area contributed by atoms with Crippen LogP contribution in [0.3, 0.4) is 0 Å². The van der Waals surface area contributed by atoms with Crippen LogP contribution in [-0.2, 0) is 7.05 Å². The monoisotopic (exact) mass is 293 g/mol. The Bertz CT molecular complexity index is 738. The normalized spacial score (nSPS) is 10.8. The third-order valence-corrected chi connectivity index (χ3v) is 3.62. The average Bonchev–Trinajstić information content (AvgIpc) is 2.97. The van der Waals surface area contributed by atoms with E-state index in [0.29, 0.717) is 21.7 Å². The van der Waals surface area contributed by atoms with Crippen molar-refractivity contribution in [1.29, 1.82) is 0 Å². The molecule has 0 aliphatic carbocycles. The summed E-state index contributed by atoms with van der Waals surface area (Å²) in [7, 11) is 1.85. The fourth-order valence-electron chi connectivity index (χ4n) is 1.62. The van der Waals surface area contributed by atoms with E-state index in [2.05, 4.69) is 19.9 Å². The van der Waals surface area contributed by atoms with Gasteiger partial charge in [0.1, 0.15) is 5.15 Å². The van der Waals surface area contributed by atoms with E-state index >= 15 is 0 Å². The fraction of sp³-hybridized carbons (Fsp3) is 0.0909. The van der Waals surface area contributed by atoms with Gasteiger partial charge in [0, 0.05) is 18.5 Å². The first-order valence-corrected chi connectivity index (χ1v) is 6.55. The van der Waals surface area contributed by atoms with Gasteiger partial charge in [-0.1, -0.05) is 11.6 Å². The predicted octanol–water partition coefficient (Wildman–Crippen LogP) is 2.36. The fourth-order valence-corrected chi connectivity index (χ4v) is 2.50. The molecule has 0 aliphatic rings. The first-order valence-electron chi connectivity index (χ1n) is 5.29. The number of nitrogens with zero attached hydrogens (tertiary/aromatic N) is 5. The Morgan fingerprint density at radius 3 is 2.79 bits per heavy atom. The highest BCUT2D eigenvalue weighted by Crippen LogP contribution is 2.27. The smallest absolute Gasteiger partial charge is 0.215 e. The standard InChI is InChI=1S/C11H8ClN5OS/c1-17-5-13-3-7(17)6-2-9(18)16-10(14-6)11-15-8(12)4-19-11/h2-5H,1H3,(H,14,16,18). The quantitative estimate of drug-likeness (QED) is 0.785. The highest BCUT2D eigenvalue weighted by atomic mass is 35.5. The Hall–Kier alpha value is -1.99. The summed E-state index contributed by atoms with van der Waals surface area (Å²) < 4.78 is 1.81. The number of halogens is 1. The van der Waals surface area contributed by atoms with Crippen molar-refractivity contribution < 1.29 is 5.11 Å². The summed E-state index contributed by atoms with van der Waals surface area (Å²) >= 11 is 7.10. The molecule has 0 amide bonds. The Labute approximate surface area is 117 Å². The molecule has 0 radical (unpaired) electrons. The molecule has 8 heteroatoms. The van der Waals surface area contributed by atoms with Crippen molar-refractivity contribution >= 4 is 22.9 Å². The van der Waals surface area contributed by atoms with Crippen LogP contribution in [0.5, 0.6) is 5.88 Å². The van der Waals surface area contributed by atoms with E-state index in [1.807, 2.05) is 7.05 Å². The van der Waals surface area contributed by atoms with Crippen molar-refractivity contribution in [2.45, 2.75) is 0 Å². The molecule has 1 N–H and O–H groups in total. The molecule has 19 heavy (non-hydrogen) atoms. The number of aromatic hydroxyl groups is 1. The maximum absolute atomic E-state index is 9.71. The number of hydrogen-bond acceptors (Lipinski definition) is 6. The van der Waals surface area contributed by atoms with Gasteiger partial charge in [-0.25, -0.2) is 15.0 Å². The lowest BCUT2D eigenvalue weighted by atomic mass is 10.3. The van der Waals surface area contributed by atoms with E-state index in [0.717, 1.165) is 5.69 Å². The summed E-state index contributed by atoms with van der Waals surface area (Å²) in [4.78, 5) is 16.5. The second-order valence-electron chi connectivity index (χ2n) is 3.80. The van der Waals surface area contributed by atoms with Gasteiger partial charge in [0.2, 0.25) is 5.88 Å². The summed E-state index contributed by atoms with van der Waals surface area (Å²) in [6.07, 6.45) is 3.33. The van der Waals surface area contributed by atoms with Crippen LogP contribution in [0.1, 0.15) is 0 Å². The molecule has 3 aromatic rings. The zero-order valence-corrected chi connectivity index (χ0v) is 11.4. The van der Waals surface area contributed by atoms with Crippen molar-refractivity contribution in [1.82, 2.24) is 24.5 Å². The predicted molar refractivity (Wildman–Crippen MR) is 72.0 cm³/mol. The largest absolute Gasteiger partial charge is 0.493 e. The van der Waals surface area contributed by atoms with Gasteiger partial charge in [-0.15, -0.1) is 11.3 Å². The lowest BCUT2D eigenvalue weighted by molar-refractivity contribution is 0.453. The summed E-state index contributed by atoms with van der Waals surface area (Å²) in [5, 5.41) is 12.3. The number of hydrogen-bond donors (Lipinski definition) is 1. The molecule has 0 unspecified atom stereocenters. The maximum atomic E-state index is 9.71. The molecule has 0 saturated heterocycles. The molecular formula is C11H8ClN5OS. The van der Waals surface area contributed by atoms with Crippen LogP contribution >= 0.6 is 22.9 Å². The Kier molecular flexibility index (Phi) is 2.92. The van der Waals surface area contributed by atoms with Crippen LogP contribution in [0.2, 0.25) is 5.15 Å². The van der Waals surface area contributed by atoms with Crippen LogP contribution in [-0.4, -0.2) is 29.6 Å². The molecule has 3 aromatic heterocycles. The van der Waals surface area contributed by atoms with E-state index in [9.17, 15) is 5.11 Å². The molecule has 0 atom stereocenters. The molecule has 0 fully saturated rings. The average molecular weight is 294 g/mol. The second-order valence-corrected chi connectivity index (χ2v) is 5.05. The lowest BCUT2D eigenvalue weighted by Crippen LogP contribution is -1.96. The molecule has 0 aromatic carbocycles. The third-order valence-electron chi connectivity index (χ3n) is 2.46. The van der Waals surface area contributed by atoms with Crippen molar-refractivity contribution in [3.8, 4) is 28.1 Å². The molecule has 0 aliphatic heterocycles. The molecule has 3 heterocycles. The molecule has 0 spiro atoms. The molecule has 0 bridgehead atoms. The van der Waals surface area contributed by atoms with E-state index in [-0.39, 0.29) is 5.88 Å². The number of thiazole rings is 1. The van der Waals surface area contributed by atoms with Gasteiger partial charge >= 0.3 is 0 Å². The molecular weight excluding hydrogens is 286 g/mol. The van der Waals surface area contributed by atoms with Crippen LogP contribution in [0, 0.1) is 0 Å². The van der Waals surface area contributed by atoms with E-state index in [1.165, 1.54) is 17.4 Å². The maximum Gasteiger partial charge on any atom is 0.215 e. The summed E-state index contributed by atoms with van der Waals surface area (Å²) in [5.74, 6) is 0.223. The van der Waals surface area contributed by atoms with Crippen LogP contribution in [0.15, 0.2) is 24.0 Å². The number of rotatable bonds is 2. The topological polar surface area (TPSA) is 76.7 Å². The van der Waals surface area contributed by atoms with Gasteiger partial charge in [0.25, 0.3) is 0 Å². The molecule has 3 rings (SSSR count). The van der Waals surface area contributed by atoms with Gasteiger partial charge in [0.15, 0.2) is 10.8 Å². The number of imidazole rings is 1. The van der Waals surface area contributed by atoms with Gasteiger partial charge in [-0.05, 0) is 0 Å². The highest BCUT2D eigenvalue weighted by molar-refractivity contribution is 7.13. The zero-order chi connectivity index (χ0) is 13.4. The molecule has 6 nitrogen and oxygen atoms in total. The number of aryl methyl sites for hydroxylation is 1. The minimum absolute atomic E-state index is 0.118. The molecule has 96 valence electrons. The van der Waals surface area contributed by atoms with Crippen molar-refractivity contribution in [3.05, 3.63) is 29.1 Å². The summed E-state index contributed by atoms with van der Waals surface area (Å²) in [6, 6.07) is 1.48. The van der Waals surface area contributed by atoms with Crippen molar-refractivity contribution in [3.63, 3.8) is 0 Å². The van der Waals surface area contributed by atoms with Gasteiger partial charge < -0.3 is 9.67 Å². The summed E-state index contributed by atoms with van der Waals surface area (Å²) in [5.41, 5.74) is 1.36.